The number of methoxy groups -OCH3 is 1. The molecule has 0 aromatic carbocycles. The molecule has 0 saturated heterocycles. The Bertz CT molecular complexity index is 148. The van der Waals surface area contributed by atoms with Crippen molar-refractivity contribution in [2.45, 2.75) is 6.92 Å². The molecule has 0 fully saturated rings. The molecule has 0 heterocycles. The molecule has 0 saturated carbocycles. The largest absolute Gasteiger partial charge is 0.497 e. The molecule has 0 rings (SSSR count). The predicted octanol–water partition coefficient (Wildman–Crippen LogP) is 1.85. The number of hydrogen-bond acceptors (Lipinski definition) is 2. The van der Waals surface area contributed by atoms with E-state index in [1.165, 1.54) is 7.05 Å². The van der Waals surface area contributed by atoms with Crippen molar-refractivity contribution in [1.82, 2.24) is 0 Å². The molecule has 0 atom stereocenters. The minimum Gasteiger partial charge on any atom is -0.497 e. The summed E-state index contributed by atoms with van der Waals surface area (Å²) in [6.45, 7) is 9.19. The number of hydrogen-bond donors (Lipinski definition) is 1. The Kier molecular flexibility index (Phi) is 10.3. The average Bonchev–Trinajstić information content (AvgIpc) is 2.04. The summed E-state index contributed by atoms with van der Waals surface area (Å²) in [5.41, 5.74) is 5.49. The summed E-state index contributed by atoms with van der Waals surface area (Å²) >= 11 is 0. The molecule has 0 radical (unpaired) electrons. The van der Waals surface area contributed by atoms with Crippen molar-refractivity contribution in [2.24, 2.45) is 5.73 Å². The van der Waals surface area contributed by atoms with Crippen molar-refractivity contribution in [3.05, 3.63) is 36.6 Å². The lowest BCUT2D eigenvalue weighted by Gasteiger charge is -1.93. The molecular formula is C9H17NO. The molecule has 0 aliphatic carbocycles. The van der Waals surface area contributed by atoms with E-state index < -0.39 is 0 Å². The first-order valence-corrected chi connectivity index (χ1v) is 3.31. The summed E-state index contributed by atoms with van der Waals surface area (Å²) < 4.78 is 4.78. The summed E-state index contributed by atoms with van der Waals surface area (Å²) in [7, 11) is 3.09. The van der Waals surface area contributed by atoms with Crippen molar-refractivity contribution >= 4 is 0 Å². The highest BCUT2D eigenvalue weighted by Gasteiger charge is 1.79. The van der Waals surface area contributed by atoms with Gasteiger partial charge in [0.05, 0.1) is 7.11 Å². The normalized spacial score (nSPS) is 8.36. The molecule has 0 spiro atoms. The molecular weight excluding hydrogens is 138 g/mol. The summed E-state index contributed by atoms with van der Waals surface area (Å²) in [6, 6.07) is 0. The number of allylic oxidation sites excluding steroid dienone is 3. The monoisotopic (exact) mass is 155 g/mol. The van der Waals surface area contributed by atoms with Crippen molar-refractivity contribution in [2.75, 3.05) is 14.2 Å². The van der Waals surface area contributed by atoms with Crippen LogP contribution in [0.5, 0.6) is 0 Å². The van der Waals surface area contributed by atoms with Gasteiger partial charge in [-0.15, -0.1) is 0 Å². The maximum Gasteiger partial charge on any atom is 0.111 e. The van der Waals surface area contributed by atoms with Gasteiger partial charge in [-0.05, 0) is 20.0 Å². The van der Waals surface area contributed by atoms with Gasteiger partial charge >= 0.3 is 0 Å². The van der Waals surface area contributed by atoms with Gasteiger partial charge in [-0.2, -0.15) is 0 Å². The van der Waals surface area contributed by atoms with E-state index in [9.17, 15) is 0 Å². The third kappa shape index (κ3) is 12.2. The van der Waals surface area contributed by atoms with Gasteiger partial charge in [0.2, 0.25) is 0 Å². The molecule has 0 amide bonds. The van der Waals surface area contributed by atoms with Crippen LogP contribution in [0.2, 0.25) is 0 Å². The minimum atomic E-state index is 0.651. The summed E-state index contributed by atoms with van der Waals surface area (Å²) in [4.78, 5) is 0. The van der Waals surface area contributed by atoms with Gasteiger partial charge < -0.3 is 10.5 Å². The van der Waals surface area contributed by atoms with E-state index in [0.29, 0.717) is 5.76 Å². The van der Waals surface area contributed by atoms with Crippen LogP contribution in [0.4, 0.5) is 0 Å². The van der Waals surface area contributed by atoms with Crippen LogP contribution in [-0.4, -0.2) is 14.2 Å². The van der Waals surface area contributed by atoms with Crippen molar-refractivity contribution in [3.8, 4) is 0 Å². The third-order valence-electron chi connectivity index (χ3n) is 0.816. The van der Waals surface area contributed by atoms with Gasteiger partial charge in [-0.1, -0.05) is 24.8 Å². The highest BCUT2D eigenvalue weighted by molar-refractivity contribution is 5.18. The second kappa shape index (κ2) is 8.98. The highest BCUT2D eigenvalue weighted by Crippen LogP contribution is 1.96. The maximum atomic E-state index is 4.78. The lowest BCUT2D eigenvalue weighted by atomic mass is 10.3. The molecule has 2 heteroatoms. The molecule has 2 nitrogen and oxygen atoms in total. The van der Waals surface area contributed by atoms with Gasteiger partial charge in [0.25, 0.3) is 0 Å². The standard InChI is InChI=1S/C8H12O.CH5N/c1-7(2)5-6-8(3)9-4;1-2/h5-6H,1,3H2,2,4H3;2H2,1H3/b6-5-;. The quantitative estimate of drug-likeness (QED) is 0.498. The molecule has 64 valence electrons. The highest BCUT2D eigenvalue weighted by atomic mass is 16.5. The Balaban J connectivity index is 0. The summed E-state index contributed by atoms with van der Waals surface area (Å²) in [5, 5.41) is 0. The molecule has 11 heavy (non-hydrogen) atoms. The van der Waals surface area contributed by atoms with Crippen LogP contribution < -0.4 is 5.73 Å². The molecule has 0 bridgehead atoms. The zero-order valence-corrected chi connectivity index (χ0v) is 7.55. The Morgan fingerprint density at radius 2 is 1.73 bits per heavy atom. The molecule has 0 unspecified atom stereocenters. The van der Waals surface area contributed by atoms with E-state index in [4.69, 9.17) is 4.74 Å². The van der Waals surface area contributed by atoms with E-state index in [1.54, 1.807) is 13.2 Å². The van der Waals surface area contributed by atoms with Crippen molar-refractivity contribution in [1.29, 1.82) is 0 Å². The fourth-order valence-corrected chi connectivity index (χ4v) is 0.303. The van der Waals surface area contributed by atoms with Crippen LogP contribution in [0, 0.1) is 0 Å². The lowest BCUT2D eigenvalue weighted by molar-refractivity contribution is 0.309. The van der Waals surface area contributed by atoms with Crippen LogP contribution in [0.3, 0.4) is 0 Å². The van der Waals surface area contributed by atoms with E-state index in [2.05, 4.69) is 18.9 Å². The van der Waals surface area contributed by atoms with Crippen LogP contribution >= 0.6 is 0 Å². The SMILES string of the molecule is C=C(C)/C=C\C(=C)OC.CN. The van der Waals surface area contributed by atoms with Crippen molar-refractivity contribution < 1.29 is 4.74 Å². The molecule has 0 aromatic rings. The van der Waals surface area contributed by atoms with E-state index in [-0.39, 0.29) is 0 Å². The minimum absolute atomic E-state index is 0.651. The predicted molar refractivity (Wildman–Crippen MR) is 50.2 cm³/mol. The van der Waals surface area contributed by atoms with Crippen molar-refractivity contribution in [3.63, 3.8) is 0 Å². The van der Waals surface area contributed by atoms with Gasteiger partial charge in [0, 0.05) is 0 Å². The molecule has 0 aromatic heterocycles. The number of ether oxygens (including phenoxy) is 1. The Hall–Kier alpha value is -1.02. The molecule has 2 N–H and O–H groups in total. The van der Waals surface area contributed by atoms with Crippen LogP contribution in [0.25, 0.3) is 0 Å². The Labute approximate surface area is 69.0 Å². The Morgan fingerprint density at radius 1 is 1.27 bits per heavy atom. The van der Waals surface area contributed by atoms with Crippen LogP contribution in [0.15, 0.2) is 36.6 Å². The zero-order valence-electron chi connectivity index (χ0n) is 7.55. The van der Waals surface area contributed by atoms with E-state index in [0.717, 1.165) is 5.57 Å². The van der Waals surface area contributed by atoms with Crippen LogP contribution in [0.1, 0.15) is 6.92 Å². The Morgan fingerprint density at radius 3 is 2.00 bits per heavy atom. The fraction of sp³-hybridized carbons (Fsp3) is 0.333. The second-order valence-electron chi connectivity index (χ2n) is 1.85. The van der Waals surface area contributed by atoms with Gasteiger partial charge in [-0.3, -0.25) is 0 Å². The van der Waals surface area contributed by atoms with E-state index >= 15 is 0 Å². The maximum absolute atomic E-state index is 4.78. The first-order valence-electron chi connectivity index (χ1n) is 3.31. The third-order valence-corrected chi connectivity index (χ3v) is 0.816. The number of nitrogens with two attached hydrogens (primary N) is 1. The lowest BCUT2D eigenvalue weighted by Crippen LogP contribution is -1.76. The summed E-state index contributed by atoms with van der Waals surface area (Å²) in [5.74, 6) is 0.651. The van der Waals surface area contributed by atoms with Gasteiger partial charge in [0.15, 0.2) is 0 Å². The van der Waals surface area contributed by atoms with Gasteiger partial charge in [0.1, 0.15) is 5.76 Å². The second-order valence-corrected chi connectivity index (χ2v) is 1.85. The first-order chi connectivity index (χ1) is 5.16. The van der Waals surface area contributed by atoms with E-state index in [1.807, 2.05) is 13.0 Å². The fourth-order valence-electron chi connectivity index (χ4n) is 0.303. The number of rotatable bonds is 3. The topological polar surface area (TPSA) is 35.2 Å². The zero-order chi connectivity index (χ0) is 9.28. The average molecular weight is 155 g/mol. The van der Waals surface area contributed by atoms with Gasteiger partial charge in [-0.25, -0.2) is 0 Å². The molecule has 0 aliphatic rings. The van der Waals surface area contributed by atoms with Crippen LogP contribution in [-0.2, 0) is 4.74 Å². The molecule has 0 aliphatic heterocycles. The smallest absolute Gasteiger partial charge is 0.111 e. The first kappa shape index (κ1) is 12.6. The summed E-state index contributed by atoms with van der Waals surface area (Å²) in [6.07, 6.45) is 3.63.